The van der Waals surface area contributed by atoms with Gasteiger partial charge in [-0.25, -0.2) is 0 Å². The number of nitrogens with one attached hydrogen (secondary N) is 2. The maximum atomic E-state index is 14.0. The number of aromatic nitrogens is 2. The first-order valence-electron chi connectivity index (χ1n) is 11.9. The first-order chi connectivity index (χ1) is 15.7. The molecule has 0 spiro atoms. The molecule has 9 heteroatoms. The molecule has 1 saturated heterocycles. The van der Waals surface area contributed by atoms with Crippen LogP contribution in [-0.4, -0.2) is 46.3 Å². The quantitative estimate of drug-likeness (QED) is 0.704. The summed E-state index contributed by atoms with van der Waals surface area (Å²) < 4.78 is 45.7. The smallest absolute Gasteiger partial charge is 0.381 e. The average molecular weight is 465 g/mol. The summed E-state index contributed by atoms with van der Waals surface area (Å²) in [7, 11) is 0. The molecule has 0 radical (unpaired) electrons. The molecule has 5 rings (SSSR count). The number of amides is 1. The van der Waals surface area contributed by atoms with Crippen LogP contribution in [0.5, 0.6) is 0 Å². The number of carbonyl (C=O) groups is 1. The van der Waals surface area contributed by atoms with Gasteiger partial charge in [-0.1, -0.05) is 13.8 Å². The van der Waals surface area contributed by atoms with Gasteiger partial charge in [0.1, 0.15) is 0 Å². The first-order valence-corrected chi connectivity index (χ1v) is 11.9. The average Bonchev–Trinajstić information content (AvgIpc) is 3.39. The third-order valence-electron chi connectivity index (χ3n) is 7.91. The summed E-state index contributed by atoms with van der Waals surface area (Å²) in [6.07, 6.45) is -0.0148. The Morgan fingerprint density at radius 3 is 2.67 bits per heavy atom. The van der Waals surface area contributed by atoms with Gasteiger partial charge in [0.05, 0.1) is 28.7 Å². The first kappa shape index (κ1) is 22.7. The van der Waals surface area contributed by atoms with E-state index in [1.54, 1.807) is 4.90 Å². The molecule has 2 fully saturated rings. The van der Waals surface area contributed by atoms with Crippen molar-refractivity contribution in [2.75, 3.05) is 13.2 Å². The van der Waals surface area contributed by atoms with E-state index in [0.29, 0.717) is 29.4 Å². The Bertz CT molecular complexity index is 1040. The van der Waals surface area contributed by atoms with E-state index < -0.39 is 17.2 Å². The van der Waals surface area contributed by atoms with Crippen molar-refractivity contribution in [2.24, 2.45) is 11.3 Å². The van der Waals surface area contributed by atoms with Gasteiger partial charge in [0.25, 0.3) is 0 Å². The van der Waals surface area contributed by atoms with Crippen molar-refractivity contribution >= 4 is 16.8 Å². The molecule has 3 aliphatic rings. The van der Waals surface area contributed by atoms with Gasteiger partial charge in [-0.2, -0.15) is 18.3 Å². The minimum atomic E-state index is -4.45. The third kappa shape index (κ3) is 4.03. The molecule has 0 unspecified atom stereocenters. The normalized spacial score (nSPS) is 26.5. The van der Waals surface area contributed by atoms with E-state index in [9.17, 15) is 18.0 Å². The molecule has 1 aliphatic carbocycles. The molecular formula is C24H31F3N4O2. The summed E-state index contributed by atoms with van der Waals surface area (Å²) in [6, 6.07) is 2.96. The van der Waals surface area contributed by atoms with Crippen LogP contribution >= 0.6 is 0 Å². The Balaban J connectivity index is 1.38. The summed E-state index contributed by atoms with van der Waals surface area (Å²) >= 11 is 0. The maximum absolute atomic E-state index is 14.0. The number of benzene rings is 1. The Kier molecular flexibility index (Phi) is 5.68. The Labute approximate surface area is 191 Å². The molecule has 2 N–H and O–H groups in total. The van der Waals surface area contributed by atoms with Crippen LogP contribution in [0.15, 0.2) is 12.1 Å². The summed E-state index contributed by atoms with van der Waals surface area (Å²) in [5, 5.41) is 11.5. The minimum Gasteiger partial charge on any atom is -0.381 e. The number of aromatic amines is 1. The summed E-state index contributed by atoms with van der Waals surface area (Å²) in [6.45, 7) is 6.21. The number of H-pyrrole nitrogens is 1. The van der Waals surface area contributed by atoms with E-state index in [2.05, 4.69) is 29.4 Å². The van der Waals surface area contributed by atoms with Crippen LogP contribution in [-0.2, 0) is 28.8 Å². The lowest BCUT2D eigenvalue weighted by Crippen LogP contribution is -2.47. The monoisotopic (exact) mass is 464 g/mol. The van der Waals surface area contributed by atoms with Crippen molar-refractivity contribution in [3.63, 3.8) is 0 Å². The minimum absolute atomic E-state index is 0.0352. The van der Waals surface area contributed by atoms with Crippen molar-refractivity contribution in [3.8, 4) is 0 Å². The predicted octanol–water partition coefficient (Wildman–Crippen LogP) is 4.39. The number of halogens is 3. The van der Waals surface area contributed by atoms with E-state index in [0.717, 1.165) is 56.8 Å². The molecule has 180 valence electrons. The summed E-state index contributed by atoms with van der Waals surface area (Å²) in [5.41, 5.74) is 0.299. The largest absolute Gasteiger partial charge is 0.416 e. The zero-order chi connectivity index (χ0) is 23.4. The van der Waals surface area contributed by atoms with Crippen LogP contribution in [0.3, 0.4) is 0 Å². The molecule has 2 aliphatic heterocycles. The van der Waals surface area contributed by atoms with Gasteiger partial charge >= 0.3 is 6.18 Å². The molecule has 2 aromatic rings. The highest BCUT2D eigenvalue weighted by atomic mass is 19.4. The number of carbonyl (C=O) groups excluding carboxylic acids is 1. The number of hydrogen-bond acceptors (Lipinski definition) is 4. The number of rotatable bonds is 4. The van der Waals surface area contributed by atoms with Crippen molar-refractivity contribution in [1.82, 2.24) is 20.4 Å². The molecule has 1 aromatic carbocycles. The van der Waals surface area contributed by atoms with Gasteiger partial charge in [-0.15, -0.1) is 0 Å². The van der Waals surface area contributed by atoms with Gasteiger partial charge < -0.3 is 15.0 Å². The van der Waals surface area contributed by atoms with E-state index in [1.807, 2.05) is 0 Å². The second-order valence-corrected chi connectivity index (χ2v) is 10.2. The Hall–Kier alpha value is -2.13. The van der Waals surface area contributed by atoms with Crippen LogP contribution in [0, 0.1) is 11.3 Å². The zero-order valence-corrected chi connectivity index (χ0v) is 19.1. The van der Waals surface area contributed by atoms with Gasteiger partial charge in [0, 0.05) is 37.2 Å². The van der Waals surface area contributed by atoms with Crippen molar-refractivity contribution in [1.29, 1.82) is 0 Å². The van der Waals surface area contributed by atoms with E-state index in [-0.39, 0.29) is 24.4 Å². The number of alkyl halides is 3. The topological polar surface area (TPSA) is 70.2 Å². The van der Waals surface area contributed by atoms with Crippen LogP contribution in [0.2, 0.25) is 0 Å². The molecule has 33 heavy (non-hydrogen) atoms. The lowest BCUT2D eigenvalue weighted by Gasteiger charge is -2.39. The molecule has 2 atom stereocenters. The van der Waals surface area contributed by atoms with Crippen LogP contribution in [0.4, 0.5) is 13.2 Å². The fourth-order valence-corrected chi connectivity index (χ4v) is 6.00. The SMILES string of the molecule is CC(C)[C@]1(C(=O)N2Cc3cc(C(F)(F)F)cc4[nH]nc(c34)C2)CC[C@@H](NC2CCOCC2)C1. The van der Waals surface area contributed by atoms with Gasteiger partial charge in [-0.3, -0.25) is 9.89 Å². The standard InChI is InChI=1S/C24H31F3N4O2/c1-14(2)23(6-3-18(11-23)28-17-4-7-33-8-5-17)22(32)31-12-15-9-16(24(25,26)27)10-19-21(15)20(13-31)30-29-19/h9-10,14,17-18,28H,3-8,11-13H2,1-2H3,(H,29,30)/t18-,23+/m1/s1. The number of hydrogen-bond donors (Lipinski definition) is 2. The summed E-state index contributed by atoms with van der Waals surface area (Å²) in [4.78, 5) is 15.7. The van der Waals surface area contributed by atoms with E-state index >= 15 is 0 Å². The van der Waals surface area contributed by atoms with Crippen LogP contribution in [0.1, 0.15) is 62.8 Å². The fourth-order valence-electron chi connectivity index (χ4n) is 6.00. The van der Waals surface area contributed by atoms with E-state index in [1.165, 1.54) is 6.07 Å². The van der Waals surface area contributed by atoms with E-state index in [4.69, 9.17) is 4.74 Å². The second-order valence-electron chi connectivity index (χ2n) is 10.2. The zero-order valence-electron chi connectivity index (χ0n) is 19.1. The van der Waals surface area contributed by atoms with Gasteiger partial charge in [0.2, 0.25) is 5.91 Å². The number of nitrogens with zero attached hydrogens (tertiary/aromatic N) is 2. The van der Waals surface area contributed by atoms with Crippen molar-refractivity contribution in [2.45, 2.75) is 77.3 Å². The molecule has 6 nitrogen and oxygen atoms in total. The highest BCUT2D eigenvalue weighted by Gasteiger charge is 2.50. The van der Waals surface area contributed by atoms with Gasteiger partial charge in [-0.05, 0) is 55.7 Å². The molecule has 1 aromatic heterocycles. The second kappa shape index (κ2) is 8.27. The highest BCUT2D eigenvalue weighted by Crippen LogP contribution is 2.47. The lowest BCUT2D eigenvalue weighted by molar-refractivity contribution is -0.146. The predicted molar refractivity (Wildman–Crippen MR) is 117 cm³/mol. The lowest BCUT2D eigenvalue weighted by atomic mass is 9.74. The molecule has 0 bridgehead atoms. The fraction of sp³-hybridized carbons (Fsp3) is 0.667. The highest BCUT2D eigenvalue weighted by molar-refractivity contribution is 5.90. The Morgan fingerprint density at radius 2 is 1.97 bits per heavy atom. The molecule has 1 saturated carbocycles. The maximum Gasteiger partial charge on any atom is 0.416 e. The van der Waals surface area contributed by atoms with Crippen molar-refractivity contribution < 1.29 is 22.7 Å². The van der Waals surface area contributed by atoms with Crippen LogP contribution < -0.4 is 5.32 Å². The third-order valence-corrected chi connectivity index (χ3v) is 7.91. The van der Waals surface area contributed by atoms with Crippen molar-refractivity contribution in [3.05, 3.63) is 29.0 Å². The van der Waals surface area contributed by atoms with Crippen LogP contribution in [0.25, 0.3) is 10.9 Å². The molecule has 3 heterocycles. The molecule has 1 amide bonds. The number of ether oxygens (including phenoxy) is 1. The summed E-state index contributed by atoms with van der Waals surface area (Å²) in [5.74, 6) is 0.168. The van der Waals surface area contributed by atoms with Gasteiger partial charge in [0.15, 0.2) is 0 Å². The molecular weight excluding hydrogens is 433 g/mol. The Morgan fingerprint density at radius 1 is 1.21 bits per heavy atom.